The Morgan fingerprint density at radius 1 is 1.22 bits per heavy atom. The summed E-state index contributed by atoms with van der Waals surface area (Å²) in [5.74, 6) is -3.11. The molecule has 2 atom stereocenters. The highest BCUT2D eigenvalue weighted by molar-refractivity contribution is 5.94. The van der Waals surface area contributed by atoms with Crippen molar-refractivity contribution in [1.82, 2.24) is 0 Å². The number of rotatable bonds is 9. The second-order valence-electron chi connectivity index (χ2n) is 5.70. The van der Waals surface area contributed by atoms with Crippen molar-refractivity contribution in [1.29, 1.82) is 0 Å². The molecular weight excluding hydrogens is 298 g/mol. The van der Waals surface area contributed by atoms with E-state index in [1.54, 1.807) is 19.1 Å². The number of unbranched alkanes of at least 4 members (excludes halogenated alkanes) is 1. The third kappa shape index (κ3) is 6.10. The van der Waals surface area contributed by atoms with Gasteiger partial charge >= 0.3 is 11.9 Å². The number of carbonyl (C=O) groups is 3. The van der Waals surface area contributed by atoms with Crippen molar-refractivity contribution in [2.45, 2.75) is 39.5 Å². The molecule has 1 aromatic rings. The Bertz CT molecular complexity index is 570. The van der Waals surface area contributed by atoms with E-state index in [9.17, 15) is 19.5 Å². The largest absolute Gasteiger partial charge is 0.481 e. The van der Waals surface area contributed by atoms with Crippen LogP contribution in [0.2, 0.25) is 0 Å². The van der Waals surface area contributed by atoms with Gasteiger partial charge in [0.25, 0.3) is 0 Å². The summed E-state index contributed by atoms with van der Waals surface area (Å²) in [5, 5.41) is 20.8. The number of carbonyl (C=O) groups excluding carboxylic acids is 1. The first-order chi connectivity index (χ1) is 10.8. The summed E-state index contributed by atoms with van der Waals surface area (Å²) in [5.41, 5.74) is 0.477. The first-order valence-corrected chi connectivity index (χ1v) is 7.71. The summed E-state index contributed by atoms with van der Waals surface area (Å²) in [6, 6.07) is 5.95. The zero-order valence-electron chi connectivity index (χ0n) is 13.4. The molecule has 0 aliphatic heterocycles. The molecule has 0 heterocycles. The van der Waals surface area contributed by atoms with E-state index >= 15 is 0 Å². The van der Waals surface area contributed by atoms with Gasteiger partial charge in [0.1, 0.15) is 0 Å². The third-order valence-corrected chi connectivity index (χ3v) is 3.77. The standard InChI is InChI=1S/C17H23NO5/c1-3-4-8-14(17(22)23)11(2)9-15(19)18-13-7-5-6-12(10-13)16(20)21/h5-7,10-11,14H,3-4,8-9H2,1-2H3,(H,18,19)(H,20,21)(H,22,23)/t11-,14+/m0/s1. The molecule has 1 amide bonds. The summed E-state index contributed by atoms with van der Waals surface area (Å²) >= 11 is 0. The number of aromatic carboxylic acids is 1. The average Bonchev–Trinajstić information content (AvgIpc) is 2.47. The van der Waals surface area contributed by atoms with E-state index in [0.29, 0.717) is 12.1 Å². The lowest BCUT2D eigenvalue weighted by Crippen LogP contribution is -2.26. The van der Waals surface area contributed by atoms with Gasteiger partial charge in [0.05, 0.1) is 11.5 Å². The maximum atomic E-state index is 12.1. The molecule has 126 valence electrons. The number of hydrogen-bond acceptors (Lipinski definition) is 3. The maximum Gasteiger partial charge on any atom is 0.335 e. The molecule has 6 nitrogen and oxygen atoms in total. The molecule has 0 aromatic heterocycles. The number of anilines is 1. The molecule has 0 radical (unpaired) electrons. The molecule has 0 aliphatic rings. The van der Waals surface area contributed by atoms with Gasteiger partial charge in [-0.15, -0.1) is 0 Å². The van der Waals surface area contributed by atoms with Crippen LogP contribution in [0.15, 0.2) is 24.3 Å². The minimum Gasteiger partial charge on any atom is -0.481 e. The Morgan fingerprint density at radius 3 is 2.48 bits per heavy atom. The predicted molar refractivity (Wildman–Crippen MR) is 86.5 cm³/mol. The van der Waals surface area contributed by atoms with E-state index in [-0.39, 0.29) is 23.8 Å². The van der Waals surface area contributed by atoms with Crippen LogP contribution in [-0.2, 0) is 9.59 Å². The predicted octanol–water partition coefficient (Wildman–Crippen LogP) is 3.24. The maximum absolute atomic E-state index is 12.1. The third-order valence-electron chi connectivity index (χ3n) is 3.77. The van der Waals surface area contributed by atoms with Gasteiger partial charge in [-0.1, -0.05) is 32.8 Å². The van der Waals surface area contributed by atoms with Crippen LogP contribution in [0.1, 0.15) is 49.9 Å². The Morgan fingerprint density at radius 2 is 1.91 bits per heavy atom. The molecule has 0 fully saturated rings. The minimum atomic E-state index is -1.07. The van der Waals surface area contributed by atoms with Gasteiger partial charge < -0.3 is 15.5 Å². The van der Waals surface area contributed by atoms with Crippen molar-refractivity contribution in [2.24, 2.45) is 11.8 Å². The number of hydrogen-bond donors (Lipinski definition) is 3. The highest BCUT2D eigenvalue weighted by Gasteiger charge is 2.26. The number of carboxylic acids is 2. The Kier molecular flexibility index (Phi) is 7.25. The lowest BCUT2D eigenvalue weighted by molar-refractivity contribution is -0.144. The van der Waals surface area contributed by atoms with Crippen LogP contribution in [0.25, 0.3) is 0 Å². The number of amides is 1. The smallest absolute Gasteiger partial charge is 0.335 e. The molecule has 0 aliphatic carbocycles. The van der Waals surface area contributed by atoms with Crippen LogP contribution in [0.5, 0.6) is 0 Å². The molecule has 0 unspecified atom stereocenters. The van der Waals surface area contributed by atoms with Crippen molar-refractivity contribution in [2.75, 3.05) is 5.32 Å². The first kappa shape index (κ1) is 18.7. The molecule has 0 saturated carbocycles. The van der Waals surface area contributed by atoms with Gasteiger partial charge in [0.2, 0.25) is 5.91 Å². The van der Waals surface area contributed by atoms with Crippen LogP contribution in [0.4, 0.5) is 5.69 Å². The van der Waals surface area contributed by atoms with E-state index < -0.39 is 17.9 Å². The van der Waals surface area contributed by atoms with Crippen molar-refractivity contribution in [3.63, 3.8) is 0 Å². The second-order valence-corrected chi connectivity index (χ2v) is 5.70. The summed E-state index contributed by atoms with van der Waals surface area (Å²) < 4.78 is 0. The van der Waals surface area contributed by atoms with Crippen molar-refractivity contribution < 1.29 is 24.6 Å². The van der Waals surface area contributed by atoms with Crippen molar-refractivity contribution in [3.8, 4) is 0 Å². The minimum absolute atomic E-state index is 0.0813. The fourth-order valence-electron chi connectivity index (χ4n) is 2.45. The summed E-state index contributed by atoms with van der Waals surface area (Å²) in [6.45, 7) is 3.74. The lowest BCUT2D eigenvalue weighted by atomic mass is 9.87. The van der Waals surface area contributed by atoms with E-state index in [1.165, 1.54) is 12.1 Å². The Hall–Kier alpha value is -2.37. The van der Waals surface area contributed by atoms with E-state index in [0.717, 1.165) is 12.8 Å². The van der Waals surface area contributed by atoms with Gasteiger partial charge in [-0.25, -0.2) is 4.79 Å². The Labute approximate surface area is 135 Å². The van der Waals surface area contributed by atoms with E-state index in [1.807, 2.05) is 6.92 Å². The fraction of sp³-hybridized carbons (Fsp3) is 0.471. The zero-order chi connectivity index (χ0) is 17.4. The molecule has 23 heavy (non-hydrogen) atoms. The number of nitrogens with one attached hydrogen (secondary N) is 1. The molecule has 6 heteroatoms. The summed E-state index contributed by atoms with van der Waals surface area (Å²) in [4.78, 5) is 34.3. The monoisotopic (exact) mass is 321 g/mol. The highest BCUT2D eigenvalue weighted by atomic mass is 16.4. The molecule has 1 rings (SSSR count). The SMILES string of the molecule is CCCC[C@@H](C(=O)O)[C@@H](C)CC(=O)Nc1cccc(C(=O)O)c1. The molecule has 1 aromatic carbocycles. The van der Waals surface area contributed by atoms with Gasteiger partial charge in [-0.3, -0.25) is 9.59 Å². The van der Waals surface area contributed by atoms with Gasteiger partial charge in [-0.05, 0) is 30.5 Å². The van der Waals surface area contributed by atoms with Crippen LogP contribution < -0.4 is 5.32 Å². The van der Waals surface area contributed by atoms with Gasteiger partial charge in [0, 0.05) is 12.1 Å². The van der Waals surface area contributed by atoms with Crippen LogP contribution in [-0.4, -0.2) is 28.1 Å². The van der Waals surface area contributed by atoms with Gasteiger partial charge in [-0.2, -0.15) is 0 Å². The van der Waals surface area contributed by atoms with Crippen molar-refractivity contribution in [3.05, 3.63) is 29.8 Å². The first-order valence-electron chi connectivity index (χ1n) is 7.71. The van der Waals surface area contributed by atoms with Crippen LogP contribution in [0, 0.1) is 11.8 Å². The topological polar surface area (TPSA) is 104 Å². The molecule has 0 spiro atoms. The quantitative estimate of drug-likeness (QED) is 0.648. The van der Waals surface area contributed by atoms with E-state index in [4.69, 9.17) is 5.11 Å². The fourth-order valence-corrected chi connectivity index (χ4v) is 2.45. The van der Waals surface area contributed by atoms with Gasteiger partial charge in [0.15, 0.2) is 0 Å². The number of benzene rings is 1. The Balaban J connectivity index is 2.65. The molecule has 3 N–H and O–H groups in total. The number of carboxylic acid groups (broad SMARTS) is 2. The molecule has 0 bridgehead atoms. The van der Waals surface area contributed by atoms with Crippen molar-refractivity contribution >= 4 is 23.5 Å². The second kappa shape index (κ2) is 8.92. The molecule has 0 saturated heterocycles. The van der Waals surface area contributed by atoms with Crippen LogP contribution in [0.3, 0.4) is 0 Å². The molecular formula is C17H23NO5. The zero-order valence-corrected chi connectivity index (χ0v) is 13.4. The highest BCUT2D eigenvalue weighted by Crippen LogP contribution is 2.23. The van der Waals surface area contributed by atoms with Crippen LogP contribution >= 0.6 is 0 Å². The summed E-state index contributed by atoms with van der Waals surface area (Å²) in [6.07, 6.45) is 2.35. The average molecular weight is 321 g/mol. The number of aliphatic carboxylic acids is 1. The van der Waals surface area contributed by atoms with E-state index in [2.05, 4.69) is 5.32 Å². The lowest BCUT2D eigenvalue weighted by Gasteiger charge is -2.19. The summed E-state index contributed by atoms with van der Waals surface area (Å²) in [7, 11) is 0. The normalized spacial score (nSPS) is 13.1.